The Hall–Kier alpha value is -4.36. The van der Waals surface area contributed by atoms with Gasteiger partial charge in [-0.3, -0.25) is 0 Å². The molecule has 4 aliphatic heterocycles. The van der Waals surface area contributed by atoms with Crippen molar-refractivity contribution in [1.29, 1.82) is 0 Å². The van der Waals surface area contributed by atoms with Crippen molar-refractivity contribution in [2.75, 3.05) is 39.8 Å². The van der Waals surface area contributed by atoms with Crippen LogP contribution in [0.4, 0.5) is 0 Å². The fourth-order valence-electron chi connectivity index (χ4n) is 5.86. The molecule has 4 aromatic rings. The molecule has 0 N–H and O–H groups in total. The molecule has 4 heterocycles. The predicted octanol–water partition coefficient (Wildman–Crippen LogP) is 10.6. The van der Waals surface area contributed by atoms with Crippen molar-refractivity contribution in [3.05, 3.63) is 106 Å². The van der Waals surface area contributed by atoms with E-state index < -0.39 is 0 Å². The standard InChI is InChI=1S/C12H16O2.C11H14O2.C11H14O.C10H12O2/c1-9(2)10-3-4-12-11(7-10)8-13-5-6-14-12;1-8(2)9-3-4-10-11(7-9)13-6-5-12-10;1-8(2)9-3-4-11-10(7-9)5-6-12-11;1-7(2)8-3-4-9-10(5-8)12-6-11-9/h3-4,7,9H,5-6,8H2,1-2H3;3-4,7-8H,5-6H2,1-2H3;3-4,7-8H,5-6H2,1-2H3;3-5,7H,6H2,1-2H3. The monoisotopic (exact) mass is 696 g/mol. The van der Waals surface area contributed by atoms with Crippen LogP contribution in [-0.2, 0) is 17.8 Å². The van der Waals surface area contributed by atoms with E-state index in [4.69, 9.17) is 33.2 Å². The second-order valence-electron chi connectivity index (χ2n) is 14.4. The highest BCUT2D eigenvalue weighted by molar-refractivity contribution is 5.46. The SMILES string of the molecule is CC(C)c1ccc2c(c1)CCO2.CC(C)c1ccc2c(c1)COCCO2.CC(C)c1ccc2c(c1)OCCO2.CC(C)c1ccc2c(c1)OCO2. The van der Waals surface area contributed by atoms with E-state index in [2.05, 4.69) is 110 Å². The average Bonchev–Trinajstić information content (AvgIpc) is 3.75. The highest BCUT2D eigenvalue weighted by atomic mass is 16.7. The van der Waals surface area contributed by atoms with Crippen LogP contribution in [0.15, 0.2) is 72.8 Å². The maximum atomic E-state index is 5.56. The molecule has 0 radical (unpaired) electrons. The molecule has 274 valence electrons. The Labute approximate surface area is 305 Å². The Morgan fingerprint density at radius 1 is 0.373 bits per heavy atom. The zero-order chi connectivity index (χ0) is 36.3. The number of rotatable bonds is 4. The van der Waals surface area contributed by atoms with E-state index in [1.807, 2.05) is 18.2 Å². The van der Waals surface area contributed by atoms with Crippen molar-refractivity contribution in [3.8, 4) is 34.5 Å². The average molecular weight is 697 g/mol. The lowest BCUT2D eigenvalue weighted by Crippen LogP contribution is -2.15. The Balaban J connectivity index is 0.000000132. The zero-order valence-electron chi connectivity index (χ0n) is 31.8. The minimum Gasteiger partial charge on any atom is -0.493 e. The fourth-order valence-corrected chi connectivity index (χ4v) is 5.86. The van der Waals surface area contributed by atoms with Gasteiger partial charge in [-0.2, -0.15) is 0 Å². The van der Waals surface area contributed by atoms with Gasteiger partial charge in [0.1, 0.15) is 31.3 Å². The predicted molar refractivity (Wildman–Crippen MR) is 204 cm³/mol. The van der Waals surface area contributed by atoms with Gasteiger partial charge < -0.3 is 33.2 Å². The van der Waals surface area contributed by atoms with Crippen LogP contribution in [0.25, 0.3) is 0 Å². The third-order valence-electron chi connectivity index (χ3n) is 9.17. The summed E-state index contributed by atoms with van der Waals surface area (Å²) in [6.07, 6.45) is 1.08. The van der Waals surface area contributed by atoms with Crippen molar-refractivity contribution in [2.45, 2.75) is 92.1 Å². The summed E-state index contributed by atoms with van der Waals surface area (Å²) < 4.78 is 37.8. The second kappa shape index (κ2) is 18.2. The van der Waals surface area contributed by atoms with Crippen LogP contribution < -0.4 is 28.4 Å². The third-order valence-corrected chi connectivity index (χ3v) is 9.17. The van der Waals surface area contributed by atoms with Crippen LogP contribution in [0.3, 0.4) is 0 Å². The quantitative estimate of drug-likeness (QED) is 0.210. The zero-order valence-corrected chi connectivity index (χ0v) is 31.8. The second-order valence-corrected chi connectivity index (χ2v) is 14.4. The summed E-state index contributed by atoms with van der Waals surface area (Å²) in [7, 11) is 0. The van der Waals surface area contributed by atoms with E-state index in [9.17, 15) is 0 Å². The van der Waals surface area contributed by atoms with Crippen LogP contribution in [-0.4, -0.2) is 39.8 Å². The van der Waals surface area contributed by atoms with E-state index in [-0.39, 0.29) is 0 Å². The maximum Gasteiger partial charge on any atom is 0.231 e. The topological polar surface area (TPSA) is 64.6 Å². The number of hydrogen-bond acceptors (Lipinski definition) is 7. The van der Waals surface area contributed by atoms with Gasteiger partial charge in [0.2, 0.25) is 6.79 Å². The summed E-state index contributed by atoms with van der Waals surface area (Å²) in [6, 6.07) is 25.2. The molecule has 0 spiro atoms. The molecule has 0 bridgehead atoms. The first kappa shape index (κ1) is 37.9. The first-order chi connectivity index (χ1) is 24.6. The first-order valence-corrected chi connectivity index (χ1v) is 18.5. The highest BCUT2D eigenvalue weighted by Crippen LogP contribution is 2.35. The maximum absolute atomic E-state index is 5.56. The molecule has 0 aromatic heterocycles. The van der Waals surface area contributed by atoms with E-state index in [1.165, 1.54) is 33.4 Å². The molecule has 4 aliphatic rings. The van der Waals surface area contributed by atoms with E-state index in [0.717, 1.165) is 47.5 Å². The van der Waals surface area contributed by atoms with Gasteiger partial charge in [-0.05, 0) is 94.0 Å². The molecule has 8 rings (SSSR count). The molecule has 0 unspecified atom stereocenters. The molecule has 0 amide bonds. The summed E-state index contributed by atoms with van der Waals surface area (Å²) in [4.78, 5) is 0. The molecule has 7 heteroatoms. The normalized spacial score (nSPS) is 14.8. The number of ether oxygens (including phenoxy) is 7. The van der Waals surface area contributed by atoms with E-state index in [0.29, 0.717) is 63.5 Å². The minimum atomic E-state index is 0.358. The molecular formula is C44H56O7. The summed E-state index contributed by atoms with van der Waals surface area (Å²) >= 11 is 0. The van der Waals surface area contributed by atoms with Gasteiger partial charge in [0, 0.05) is 12.0 Å². The summed E-state index contributed by atoms with van der Waals surface area (Å²) in [6.45, 7) is 22.1. The highest BCUT2D eigenvalue weighted by Gasteiger charge is 2.15. The molecule has 0 saturated heterocycles. The lowest BCUT2D eigenvalue weighted by Gasteiger charge is -2.19. The van der Waals surface area contributed by atoms with Gasteiger partial charge in [0.15, 0.2) is 23.0 Å². The number of hydrogen-bond donors (Lipinski definition) is 0. The van der Waals surface area contributed by atoms with Gasteiger partial charge >= 0.3 is 0 Å². The van der Waals surface area contributed by atoms with Crippen LogP contribution >= 0.6 is 0 Å². The lowest BCUT2D eigenvalue weighted by atomic mass is 10.00. The third kappa shape index (κ3) is 10.6. The summed E-state index contributed by atoms with van der Waals surface area (Å²) in [5.41, 5.74) is 7.90. The molecule has 7 nitrogen and oxygen atoms in total. The van der Waals surface area contributed by atoms with Crippen molar-refractivity contribution in [3.63, 3.8) is 0 Å². The van der Waals surface area contributed by atoms with Gasteiger partial charge in [-0.15, -0.1) is 0 Å². The van der Waals surface area contributed by atoms with Gasteiger partial charge in [-0.1, -0.05) is 85.7 Å². The molecular weight excluding hydrogens is 640 g/mol. The molecule has 4 aromatic carbocycles. The van der Waals surface area contributed by atoms with Crippen LogP contribution in [0.5, 0.6) is 34.5 Å². The van der Waals surface area contributed by atoms with Crippen molar-refractivity contribution in [1.82, 2.24) is 0 Å². The fraction of sp³-hybridized carbons (Fsp3) is 0.455. The van der Waals surface area contributed by atoms with Crippen molar-refractivity contribution in [2.24, 2.45) is 0 Å². The van der Waals surface area contributed by atoms with E-state index in [1.54, 1.807) is 0 Å². The number of benzene rings is 4. The first-order valence-electron chi connectivity index (χ1n) is 18.5. The van der Waals surface area contributed by atoms with Crippen LogP contribution in [0.1, 0.15) is 112 Å². The van der Waals surface area contributed by atoms with Crippen LogP contribution in [0, 0.1) is 0 Å². The Bertz CT molecular complexity index is 1650. The van der Waals surface area contributed by atoms with Crippen LogP contribution in [0.2, 0.25) is 0 Å². The van der Waals surface area contributed by atoms with Gasteiger partial charge in [0.05, 0.1) is 19.8 Å². The molecule has 0 fully saturated rings. The summed E-state index contributed by atoms with van der Waals surface area (Å²) in [5, 5.41) is 0. The molecule has 0 saturated carbocycles. The van der Waals surface area contributed by atoms with Crippen molar-refractivity contribution < 1.29 is 33.2 Å². The van der Waals surface area contributed by atoms with Gasteiger partial charge in [0.25, 0.3) is 0 Å². The Kier molecular flexibility index (Phi) is 13.5. The molecule has 51 heavy (non-hydrogen) atoms. The Morgan fingerprint density at radius 3 is 1.35 bits per heavy atom. The molecule has 0 atom stereocenters. The Morgan fingerprint density at radius 2 is 0.765 bits per heavy atom. The summed E-state index contributed by atoms with van der Waals surface area (Å²) in [5.74, 6) is 7.81. The lowest BCUT2D eigenvalue weighted by molar-refractivity contribution is 0.107. The largest absolute Gasteiger partial charge is 0.493 e. The molecule has 0 aliphatic carbocycles. The smallest absolute Gasteiger partial charge is 0.231 e. The van der Waals surface area contributed by atoms with Crippen molar-refractivity contribution >= 4 is 0 Å². The van der Waals surface area contributed by atoms with E-state index >= 15 is 0 Å². The number of fused-ring (bicyclic) bond motifs is 4. The minimum absolute atomic E-state index is 0.358. The van der Waals surface area contributed by atoms with Gasteiger partial charge in [-0.25, -0.2) is 0 Å².